The molecular weight excluding hydrogens is 1040 g/mol. The van der Waals surface area contributed by atoms with Crippen LogP contribution < -0.4 is 26.3 Å². The second-order valence-electron chi connectivity index (χ2n) is 21.1. The van der Waals surface area contributed by atoms with E-state index in [-0.39, 0.29) is 22.4 Å². The molecule has 0 saturated carbocycles. The van der Waals surface area contributed by atoms with Gasteiger partial charge in [-0.3, -0.25) is 19.9 Å². The van der Waals surface area contributed by atoms with Crippen molar-refractivity contribution >= 4 is 29.8 Å². The fourth-order valence-electron chi connectivity index (χ4n) is 9.62. The fraction of sp³-hybridized carbons (Fsp3) is 0.509. The molecule has 422 valence electrons. The number of aromatic nitrogens is 3. The van der Waals surface area contributed by atoms with E-state index < -0.39 is 102 Å². The van der Waals surface area contributed by atoms with Gasteiger partial charge in [-0.05, 0) is 86.6 Å². The van der Waals surface area contributed by atoms with Crippen LogP contribution >= 0.6 is 0 Å². The molecule has 5 heterocycles. The van der Waals surface area contributed by atoms with Crippen LogP contribution in [-0.2, 0) is 36.8 Å². The van der Waals surface area contributed by atoms with E-state index in [0.29, 0.717) is 48.7 Å². The number of aliphatic hydroxyl groups is 1. The zero-order chi connectivity index (χ0) is 56.9. The number of amides is 4. The van der Waals surface area contributed by atoms with Crippen LogP contribution in [0, 0.1) is 34.3 Å². The number of alkyl halides is 5. The first kappa shape index (κ1) is 58.7. The number of benzene rings is 2. The van der Waals surface area contributed by atoms with Crippen molar-refractivity contribution in [2.45, 2.75) is 116 Å². The number of carbonyl (C=O) groups excluding carboxylic acids is 4. The maximum absolute atomic E-state index is 16.0. The number of fused-ring (bicyclic) bond motifs is 2. The minimum absolute atomic E-state index is 0.205. The molecule has 3 saturated heterocycles. The Hall–Kier alpha value is -7.01. The third-order valence-corrected chi connectivity index (χ3v) is 14.2. The number of methoxy groups -OCH3 is 2. The van der Waals surface area contributed by atoms with E-state index in [2.05, 4.69) is 47.5 Å². The van der Waals surface area contributed by atoms with Crippen molar-refractivity contribution in [3.63, 3.8) is 0 Å². The highest BCUT2D eigenvalue weighted by Crippen LogP contribution is 2.41. The molecule has 2 unspecified atom stereocenters. The molecule has 4 aromatic rings. The van der Waals surface area contributed by atoms with E-state index in [1.165, 1.54) is 0 Å². The molecule has 6 atom stereocenters. The quantitative estimate of drug-likeness (QED) is 0.0437. The normalized spacial score (nSPS) is 18.5. The highest BCUT2D eigenvalue weighted by atomic mass is 19.4. The first-order valence-corrected chi connectivity index (χ1v) is 25.0. The smallest absolute Gasteiger partial charge is 0.407 e. The van der Waals surface area contributed by atoms with Crippen molar-refractivity contribution < 1.29 is 69.2 Å². The number of hydrogen-bond donors (Lipinski definition) is 5. The van der Waals surface area contributed by atoms with Gasteiger partial charge in [0.05, 0.1) is 56.7 Å². The van der Waals surface area contributed by atoms with Crippen LogP contribution in [0.1, 0.15) is 76.3 Å². The maximum Gasteiger partial charge on any atom is 0.407 e. The number of anilines is 1. The van der Waals surface area contributed by atoms with Gasteiger partial charge in [0.25, 0.3) is 5.91 Å². The summed E-state index contributed by atoms with van der Waals surface area (Å²) in [6, 6.07) is 9.02. The average molecular weight is 1100 g/mol. The molecule has 3 fully saturated rings. The number of halogens is 7. The number of hydrazine groups is 1. The Morgan fingerprint density at radius 3 is 1.92 bits per heavy atom. The molecule has 0 radical (unpaired) electrons. The van der Waals surface area contributed by atoms with Crippen LogP contribution in [0.25, 0.3) is 11.3 Å². The number of aliphatic hydroxyl groups excluding tert-OH is 1. The predicted octanol–water partition coefficient (Wildman–Crippen LogP) is 6.08. The van der Waals surface area contributed by atoms with Crippen LogP contribution in [0.3, 0.4) is 0 Å². The minimum atomic E-state index is -5.09. The number of rotatable bonds is 18. The third kappa shape index (κ3) is 14.0. The van der Waals surface area contributed by atoms with Gasteiger partial charge in [0, 0.05) is 72.9 Å². The summed E-state index contributed by atoms with van der Waals surface area (Å²) in [6.07, 6.45) is -4.87. The number of nitrogens with one attached hydrogen (secondary N) is 4. The topological polar surface area (TPSA) is 205 Å². The molecule has 2 aromatic heterocycles. The van der Waals surface area contributed by atoms with Crippen LogP contribution in [0.15, 0.2) is 67.0 Å². The summed E-state index contributed by atoms with van der Waals surface area (Å²) in [5.41, 5.74) is -1.11. The van der Waals surface area contributed by atoms with E-state index in [4.69, 9.17) is 14.5 Å². The molecule has 2 aromatic carbocycles. The van der Waals surface area contributed by atoms with Crippen molar-refractivity contribution in [1.82, 2.24) is 46.0 Å². The molecular formula is C53H63F7N10O8. The van der Waals surface area contributed by atoms with E-state index in [0.717, 1.165) is 88.6 Å². The Morgan fingerprint density at radius 1 is 0.821 bits per heavy atom. The Labute approximate surface area is 446 Å². The molecule has 18 nitrogen and oxygen atoms in total. The van der Waals surface area contributed by atoms with Crippen molar-refractivity contribution in [1.29, 1.82) is 0 Å². The zero-order valence-corrected chi connectivity index (χ0v) is 44.0. The monoisotopic (exact) mass is 1100 g/mol. The Bertz CT molecular complexity index is 2800. The van der Waals surface area contributed by atoms with Crippen molar-refractivity contribution in [3.8, 4) is 23.1 Å². The van der Waals surface area contributed by atoms with E-state index in [1.54, 1.807) is 51.2 Å². The van der Waals surface area contributed by atoms with Gasteiger partial charge in [0.1, 0.15) is 29.5 Å². The minimum Gasteiger partial charge on any atom is -0.453 e. The lowest BCUT2D eigenvalue weighted by Crippen LogP contribution is -2.63. The lowest BCUT2D eigenvalue weighted by molar-refractivity contribution is -0.220. The number of alkyl carbamates (subject to hydrolysis) is 2. The molecule has 0 spiro atoms. The molecule has 3 aliphatic heterocycles. The second-order valence-corrected chi connectivity index (χ2v) is 21.1. The molecule has 3 aliphatic rings. The predicted molar refractivity (Wildman–Crippen MR) is 269 cm³/mol. The lowest BCUT2D eigenvalue weighted by atomic mass is 9.82. The summed E-state index contributed by atoms with van der Waals surface area (Å²) in [4.78, 5) is 62.6. The SMILES string of the molecule is COC(=O)N[C@H](C(=O)NN(Cc1c(F)cc(-c2ccn(C(F)F)n2)cc1F)C[C@H](O)[C@H](Cc1ccc(C#Cc2ccc(N3CC4CCC(C3)N4C3COC3)nc2)cc1)NC(=O)[C@@H](NC(=O)OC)C(C)(C)C(F)(F)F)C(C)(C)C. The number of carbonyl (C=O) groups is 4. The van der Waals surface area contributed by atoms with Crippen LogP contribution in [0.4, 0.5) is 46.1 Å². The number of hydrogen-bond acceptors (Lipinski definition) is 13. The molecule has 5 N–H and O–H groups in total. The number of piperazine rings is 1. The molecule has 78 heavy (non-hydrogen) atoms. The summed E-state index contributed by atoms with van der Waals surface area (Å²) in [5.74, 6) is 2.14. The molecule has 2 bridgehead atoms. The highest BCUT2D eigenvalue weighted by Gasteiger charge is 2.56. The largest absolute Gasteiger partial charge is 0.453 e. The molecule has 4 amide bonds. The fourth-order valence-corrected chi connectivity index (χ4v) is 9.62. The Kier molecular flexibility index (Phi) is 18.3. The van der Waals surface area contributed by atoms with Crippen LogP contribution in [-0.4, -0.2) is 149 Å². The van der Waals surface area contributed by atoms with Gasteiger partial charge in [-0.15, -0.1) is 0 Å². The number of ether oxygens (including phenoxy) is 3. The molecule has 25 heteroatoms. The van der Waals surface area contributed by atoms with Gasteiger partial charge in [-0.2, -0.15) is 27.1 Å². The van der Waals surface area contributed by atoms with E-state index >= 15 is 8.78 Å². The van der Waals surface area contributed by atoms with Gasteiger partial charge in [0.15, 0.2) is 0 Å². The number of nitrogens with zero attached hydrogens (tertiary/aromatic N) is 6. The summed E-state index contributed by atoms with van der Waals surface area (Å²) in [7, 11) is 1.93. The summed E-state index contributed by atoms with van der Waals surface area (Å²) >= 11 is 0. The van der Waals surface area contributed by atoms with Gasteiger partial charge < -0.3 is 40.2 Å². The summed E-state index contributed by atoms with van der Waals surface area (Å²) in [6.45, 7) is 4.63. The summed E-state index contributed by atoms with van der Waals surface area (Å²) < 4.78 is 117. The lowest BCUT2D eigenvalue weighted by Gasteiger charge is -2.47. The highest BCUT2D eigenvalue weighted by molar-refractivity contribution is 5.87. The van der Waals surface area contributed by atoms with Crippen molar-refractivity contribution in [2.24, 2.45) is 10.8 Å². The first-order valence-electron chi connectivity index (χ1n) is 25.0. The van der Waals surface area contributed by atoms with Gasteiger partial charge in [0.2, 0.25) is 5.91 Å². The van der Waals surface area contributed by atoms with Crippen molar-refractivity contribution in [2.75, 3.05) is 52.0 Å². The van der Waals surface area contributed by atoms with Crippen LogP contribution in [0.2, 0.25) is 0 Å². The van der Waals surface area contributed by atoms with E-state index in [1.807, 2.05) is 17.4 Å². The first-order chi connectivity index (χ1) is 36.8. The van der Waals surface area contributed by atoms with Gasteiger partial charge >= 0.3 is 24.9 Å². The summed E-state index contributed by atoms with van der Waals surface area (Å²) in [5, 5.41) is 23.4. The maximum atomic E-state index is 16.0. The second kappa shape index (κ2) is 24.3. The molecule has 7 rings (SSSR count). The van der Waals surface area contributed by atoms with Gasteiger partial charge in [-0.1, -0.05) is 44.7 Å². The Morgan fingerprint density at radius 2 is 1.41 bits per heavy atom. The standard InChI is InChI=1S/C53H63F7N10O8/c1-51(2,3)44(63-49(74)76-6)47(73)66-68(26-37-38(54)21-33(22-39(37)55)40-18-19-69(65-40)48(56)57)27-42(71)41(62-46(72)45(64-50(75)77-7)52(4,5)53(58,59)60)20-31-11-8-30(9-12-31)10-13-32-14-17-43(61-23-32)67-24-34-15-16-35(25-67)70(34)36-28-78-29-36/h8-9,11-12,14,17-19,21-23,34-36,41-42,44-45,48,71H,15-16,20,24-29H2,1-7H3,(H,62,72)(H,63,74)(H,64,75)(H,66,73)/t34?,35?,41-,42-,44+,45+/m0/s1. The van der Waals surface area contributed by atoms with Gasteiger partial charge in [-0.25, -0.2) is 33.0 Å². The van der Waals surface area contributed by atoms with Crippen molar-refractivity contribution in [3.05, 3.63) is 101 Å². The van der Waals surface area contributed by atoms with E-state index in [9.17, 15) is 46.2 Å². The third-order valence-electron chi connectivity index (χ3n) is 14.2. The zero-order valence-electron chi connectivity index (χ0n) is 44.0. The molecule has 0 aliphatic carbocycles. The van der Waals surface area contributed by atoms with Crippen LogP contribution in [0.5, 0.6) is 0 Å². The average Bonchev–Trinajstić information content (AvgIpc) is 3.96. The Balaban J connectivity index is 1.16. The number of pyridine rings is 1.